The zero-order valence-corrected chi connectivity index (χ0v) is 14.9. The first kappa shape index (κ1) is 17.6. The number of rotatable bonds is 6. The van der Waals surface area contributed by atoms with Crippen LogP contribution < -0.4 is 10.6 Å². The number of anilines is 1. The molecule has 0 unspecified atom stereocenters. The van der Waals surface area contributed by atoms with Crippen molar-refractivity contribution in [2.24, 2.45) is 0 Å². The Hall–Kier alpha value is -3.20. The number of likely N-dealkylation sites (N-methyl/N-ethyl adjacent to an activating group) is 1. The number of hydrogen-bond acceptors (Lipinski definition) is 6. The monoisotopic (exact) mass is 355 g/mol. The molecule has 9 heteroatoms. The van der Waals surface area contributed by atoms with E-state index in [0.29, 0.717) is 12.2 Å². The lowest BCUT2D eigenvalue weighted by atomic mass is 10.2. The molecule has 2 N–H and O–H groups in total. The fourth-order valence-electron chi connectivity index (χ4n) is 2.59. The van der Waals surface area contributed by atoms with Crippen LogP contribution in [0.15, 0.2) is 47.3 Å². The Labute approximate surface area is 151 Å². The number of benzene rings is 1. The molecule has 0 aliphatic heterocycles. The summed E-state index contributed by atoms with van der Waals surface area (Å²) in [5.74, 6) is 0.798. The molecule has 136 valence electrons. The zero-order chi connectivity index (χ0) is 18.5. The molecule has 1 atom stereocenters. The minimum absolute atomic E-state index is 0.0504. The topological polar surface area (TPSA) is 101 Å². The Morgan fingerprint density at radius 2 is 2.19 bits per heavy atom. The highest BCUT2D eigenvalue weighted by Crippen LogP contribution is 2.19. The van der Waals surface area contributed by atoms with Gasteiger partial charge >= 0.3 is 6.03 Å². The lowest BCUT2D eigenvalue weighted by Gasteiger charge is -2.22. The van der Waals surface area contributed by atoms with Gasteiger partial charge in [-0.1, -0.05) is 6.07 Å². The van der Waals surface area contributed by atoms with Crippen LogP contribution >= 0.6 is 0 Å². The number of amides is 2. The van der Waals surface area contributed by atoms with Gasteiger partial charge in [0.25, 0.3) is 0 Å². The summed E-state index contributed by atoms with van der Waals surface area (Å²) in [5, 5.41) is 16.9. The van der Waals surface area contributed by atoms with E-state index in [4.69, 9.17) is 4.42 Å². The molecule has 2 aromatic heterocycles. The maximum absolute atomic E-state index is 12.3. The van der Waals surface area contributed by atoms with E-state index < -0.39 is 0 Å². The van der Waals surface area contributed by atoms with Crippen molar-refractivity contribution in [3.05, 3.63) is 54.2 Å². The number of furan rings is 1. The number of nitrogens with one attached hydrogen (secondary N) is 2. The number of carbonyl (C=O) groups is 1. The highest BCUT2D eigenvalue weighted by Gasteiger charge is 2.18. The molecular formula is C17H21N7O2. The first-order valence-electron chi connectivity index (χ1n) is 8.13. The second-order valence-corrected chi connectivity index (χ2v) is 6.09. The van der Waals surface area contributed by atoms with Gasteiger partial charge in [0.1, 0.15) is 12.1 Å². The van der Waals surface area contributed by atoms with Crippen molar-refractivity contribution in [2.45, 2.75) is 13.0 Å². The van der Waals surface area contributed by atoms with Crippen LogP contribution in [0.25, 0.3) is 5.69 Å². The van der Waals surface area contributed by atoms with Gasteiger partial charge in [0.05, 0.1) is 18.0 Å². The Morgan fingerprint density at radius 3 is 2.85 bits per heavy atom. The van der Waals surface area contributed by atoms with Crippen molar-refractivity contribution in [2.75, 3.05) is 26.0 Å². The van der Waals surface area contributed by atoms with Gasteiger partial charge < -0.3 is 15.1 Å². The van der Waals surface area contributed by atoms with Gasteiger partial charge in [-0.2, -0.15) is 0 Å². The number of nitrogens with zero attached hydrogens (tertiary/aromatic N) is 5. The van der Waals surface area contributed by atoms with Gasteiger partial charge in [-0.05, 0) is 61.3 Å². The summed E-state index contributed by atoms with van der Waals surface area (Å²) in [6.07, 6.45) is 3.13. The Kier molecular flexibility index (Phi) is 5.28. The van der Waals surface area contributed by atoms with E-state index in [9.17, 15) is 4.79 Å². The number of urea groups is 1. The second-order valence-electron chi connectivity index (χ2n) is 6.09. The minimum atomic E-state index is -0.296. The average molecular weight is 355 g/mol. The third kappa shape index (κ3) is 4.06. The van der Waals surface area contributed by atoms with Crippen molar-refractivity contribution in [3.8, 4) is 5.69 Å². The van der Waals surface area contributed by atoms with Gasteiger partial charge in [0.15, 0.2) is 0 Å². The number of tetrazole rings is 1. The maximum atomic E-state index is 12.3. The highest BCUT2D eigenvalue weighted by molar-refractivity contribution is 5.89. The van der Waals surface area contributed by atoms with Crippen molar-refractivity contribution >= 4 is 11.7 Å². The summed E-state index contributed by atoms with van der Waals surface area (Å²) < 4.78 is 7.00. The van der Waals surface area contributed by atoms with Gasteiger partial charge in [0, 0.05) is 12.2 Å². The van der Waals surface area contributed by atoms with Crippen LogP contribution in [0.4, 0.5) is 10.5 Å². The minimum Gasteiger partial charge on any atom is -0.468 e. The fraction of sp³-hybridized carbons (Fsp3) is 0.294. The fourth-order valence-corrected chi connectivity index (χ4v) is 2.59. The SMILES string of the molecule is Cc1ccc(NC(=O)NC[C@H](c2ccco2)N(C)C)cc1-n1cnnn1. The first-order valence-corrected chi connectivity index (χ1v) is 8.13. The summed E-state index contributed by atoms with van der Waals surface area (Å²) in [6.45, 7) is 2.37. The van der Waals surface area contributed by atoms with E-state index in [1.165, 1.54) is 6.33 Å². The number of aryl methyl sites for hydroxylation is 1. The standard InChI is InChI=1S/C17H21N7O2/c1-12-6-7-13(9-14(12)24-11-19-21-22-24)20-17(25)18-10-15(23(2)3)16-5-4-8-26-16/h4-9,11,15H,10H2,1-3H3,(H2,18,20,25)/t15-/m1/s1. The van der Waals surface area contributed by atoms with Crippen LogP contribution in [0, 0.1) is 6.92 Å². The number of hydrogen-bond donors (Lipinski definition) is 2. The number of aromatic nitrogens is 4. The normalized spacial score (nSPS) is 12.2. The van der Waals surface area contributed by atoms with Crippen molar-refractivity contribution in [1.29, 1.82) is 0 Å². The zero-order valence-electron chi connectivity index (χ0n) is 14.9. The molecule has 2 heterocycles. The van der Waals surface area contributed by atoms with E-state index in [2.05, 4.69) is 26.2 Å². The molecule has 3 aromatic rings. The molecule has 0 saturated heterocycles. The van der Waals surface area contributed by atoms with Crippen LogP contribution in [-0.4, -0.2) is 51.8 Å². The molecule has 9 nitrogen and oxygen atoms in total. The van der Waals surface area contributed by atoms with E-state index in [0.717, 1.165) is 17.0 Å². The number of carbonyl (C=O) groups excluding carboxylic acids is 1. The summed E-state index contributed by atoms with van der Waals surface area (Å²) in [5.41, 5.74) is 2.45. The van der Waals surface area contributed by atoms with Gasteiger partial charge in [-0.3, -0.25) is 4.90 Å². The first-order chi connectivity index (χ1) is 12.5. The molecule has 0 aliphatic carbocycles. The molecular weight excluding hydrogens is 334 g/mol. The molecule has 0 aliphatic rings. The van der Waals surface area contributed by atoms with Crippen molar-refractivity contribution in [1.82, 2.24) is 30.4 Å². The molecule has 0 bridgehead atoms. The van der Waals surface area contributed by atoms with Gasteiger partial charge in [-0.15, -0.1) is 5.10 Å². The smallest absolute Gasteiger partial charge is 0.319 e. The Balaban J connectivity index is 1.64. The molecule has 2 amide bonds. The largest absolute Gasteiger partial charge is 0.468 e. The van der Waals surface area contributed by atoms with E-state index >= 15 is 0 Å². The molecule has 0 saturated carbocycles. The van der Waals surface area contributed by atoms with E-state index in [1.54, 1.807) is 10.9 Å². The molecule has 1 aromatic carbocycles. The average Bonchev–Trinajstić information content (AvgIpc) is 3.30. The predicted octanol–water partition coefficient (Wildman–Crippen LogP) is 1.99. The maximum Gasteiger partial charge on any atom is 0.319 e. The predicted molar refractivity (Wildman–Crippen MR) is 96.0 cm³/mol. The lowest BCUT2D eigenvalue weighted by Crippen LogP contribution is -2.36. The third-order valence-corrected chi connectivity index (χ3v) is 4.01. The van der Waals surface area contributed by atoms with Crippen LogP contribution in [0.2, 0.25) is 0 Å². The summed E-state index contributed by atoms with van der Waals surface area (Å²) in [7, 11) is 3.87. The van der Waals surface area contributed by atoms with E-state index in [-0.39, 0.29) is 12.1 Å². The molecule has 26 heavy (non-hydrogen) atoms. The third-order valence-electron chi connectivity index (χ3n) is 4.01. The Bertz CT molecular complexity index is 844. The van der Waals surface area contributed by atoms with Crippen LogP contribution in [0.5, 0.6) is 0 Å². The molecule has 3 rings (SSSR count). The van der Waals surface area contributed by atoms with Crippen molar-refractivity contribution < 1.29 is 9.21 Å². The quantitative estimate of drug-likeness (QED) is 0.701. The second kappa shape index (κ2) is 7.79. The van der Waals surface area contributed by atoms with Crippen LogP contribution in [-0.2, 0) is 0 Å². The van der Waals surface area contributed by atoms with Gasteiger partial charge in [-0.25, -0.2) is 9.48 Å². The van der Waals surface area contributed by atoms with E-state index in [1.807, 2.05) is 56.3 Å². The lowest BCUT2D eigenvalue weighted by molar-refractivity contribution is 0.233. The van der Waals surface area contributed by atoms with Crippen molar-refractivity contribution in [3.63, 3.8) is 0 Å². The van der Waals surface area contributed by atoms with Crippen LogP contribution in [0.3, 0.4) is 0 Å². The summed E-state index contributed by atoms with van der Waals surface area (Å²) in [4.78, 5) is 14.3. The Morgan fingerprint density at radius 1 is 1.35 bits per heavy atom. The molecule has 0 fully saturated rings. The van der Waals surface area contributed by atoms with Gasteiger partial charge in [0.2, 0.25) is 0 Å². The summed E-state index contributed by atoms with van der Waals surface area (Å²) in [6, 6.07) is 8.93. The summed E-state index contributed by atoms with van der Waals surface area (Å²) >= 11 is 0. The van der Waals surface area contributed by atoms with Crippen LogP contribution in [0.1, 0.15) is 17.4 Å². The highest BCUT2D eigenvalue weighted by atomic mass is 16.3. The molecule has 0 spiro atoms. The molecule has 0 radical (unpaired) electrons.